The zero-order chi connectivity index (χ0) is 13.9. The molecule has 3 rings (SSSR count). The summed E-state index contributed by atoms with van der Waals surface area (Å²) in [5.74, 6) is 1.55. The number of rotatable bonds is 3. The van der Waals surface area contributed by atoms with Gasteiger partial charge in [-0.2, -0.15) is 5.10 Å². The van der Waals surface area contributed by atoms with Gasteiger partial charge in [0.15, 0.2) is 5.82 Å². The van der Waals surface area contributed by atoms with Crippen molar-refractivity contribution < 1.29 is 9.00 Å². The van der Waals surface area contributed by atoms with Gasteiger partial charge in [-0.15, -0.1) is 0 Å². The summed E-state index contributed by atoms with van der Waals surface area (Å²) in [5, 5.41) is 6.96. The maximum atomic E-state index is 12.1. The Balaban J connectivity index is 1.75. The van der Waals surface area contributed by atoms with E-state index < -0.39 is 10.8 Å². The van der Waals surface area contributed by atoms with Crippen LogP contribution in [0.5, 0.6) is 0 Å². The quantitative estimate of drug-likeness (QED) is 0.894. The van der Waals surface area contributed by atoms with Crippen molar-refractivity contribution in [2.45, 2.75) is 12.5 Å². The third-order valence-electron chi connectivity index (χ3n) is 3.12. The summed E-state index contributed by atoms with van der Waals surface area (Å²) in [6.45, 7) is 0. The smallest absolute Gasteiger partial charge is 0.270 e. The third kappa shape index (κ3) is 2.77. The first-order valence-electron chi connectivity index (χ1n) is 6.35. The Hall–Kier alpha value is -2.02. The van der Waals surface area contributed by atoms with Crippen molar-refractivity contribution in [3.05, 3.63) is 42.4 Å². The molecule has 7 heteroatoms. The van der Waals surface area contributed by atoms with Crippen molar-refractivity contribution in [2.75, 3.05) is 11.5 Å². The lowest BCUT2D eigenvalue weighted by Gasteiger charge is -2.11. The van der Waals surface area contributed by atoms with E-state index in [9.17, 15) is 9.00 Å². The van der Waals surface area contributed by atoms with Gasteiger partial charge < -0.3 is 5.32 Å². The molecule has 104 valence electrons. The average Bonchev–Trinajstić information content (AvgIpc) is 3.11. The Morgan fingerprint density at radius 2 is 2.30 bits per heavy atom. The van der Waals surface area contributed by atoms with Crippen molar-refractivity contribution in [3.63, 3.8) is 0 Å². The van der Waals surface area contributed by atoms with Crippen LogP contribution in [0.25, 0.3) is 5.82 Å². The summed E-state index contributed by atoms with van der Waals surface area (Å²) in [6.07, 6.45) is 4.18. The number of pyridine rings is 1. The fraction of sp³-hybridized carbons (Fsp3) is 0.308. The molecule has 0 aliphatic carbocycles. The number of hydrogen-bond donors (Lipinski definition) is 1. The zero-order valence-electron chi connectivity index (χ0n) is 10.7. The minimum Gasteiger partial charge on any atom is -0.347 e. The Kier molecular flexibility index (Phi) is 3.60. The third-order valence-corrected chi connectivity index (χ3v) is 4.59. The Morgan fingerprint density at radius 3 is 3.00 bits per heavy atom. The molecular weight excluding hydrogens is 276 g/mol. The predicted molar refractivity (Wildman–Crippen MR) is 75.1 cm³/mol. The maximum absolute atomic E-state index is 12.1. The number of amides is 1. The van der Waals surface area contributed by atoms with E-state index in [1.165, 1.54) is 0 Å². The van der Waals surface area contributed by atoms with E-state index in [4.69, 9.17) is 0 Å². The molecule has 20 heavy (non-hydrogen) atoms. The molecule has 0 spiro atoms. The topological polar surface area (TPSA) is 76.9 Å². The zero-order valence-corrected chi connectivity index (χ0v) is 11.5. The van der Waals surface area contributed by atoms with Crippen LogP contribution in [0.3, 0.4) is 0 Å². The van der Waals surface area contributed by atoms with Gasteiger partial charge in [0.1, 0.15) is 5.69 Å². The predicted octanol–water partition coefficient (Wildman–Crippen LogP) is 0.518. The fourth-order valence-electron chi connectivity index (χ4n) is 2.12. The van der Waals surface area contributed by atoms with Gasteiger partial charge in [-0.3, -0.25) is 9.00 Å². The molecule has 1 N–H and O–H groups in total. The first-order chi connectivity index (χ1) is 9.72. The minimum absolute atomic E-state index is 0.0153. The lowest BCUT2D eigenvalue weighted by Crippen LogP contribution is -2.35. The molecule has 3 heterocycles. The van der Waals surface area contributed by atoms with Crippen LogP contribution in [0.1, 0.15) is 16.9 Å². The van der Waals surface area contributed by atoms with Gasteiger partial charge in [0, 0.05) is 40.7 Å². The fourth-order valence-corrected chi connectivity index (χ4v) is 3.53. The highest BCUT2D eigenvalue weighted by atomic mass is 32.2. The van der Waals surface area contributed by atoms with Crippen LogP contribution in [-0.2, 0) is 10.8 Å². The van der Waals surface area contributed by atoms with E-state index >= 15 is 0 Å². The van der Waals surface area contributed by atoms with Crippen molar-refractivity contribution in [1.29, 1.82) is 0 Å². The molecule has 0 bridgehead atoms. The molecule has 1 aliphatic heterocycles. The standard InChI is InChI=1S/C13H14N4O2S/c18-13(15-10-5-8-20(19)9-10)11-3-1-4-12(16-11)17-7-2-6-14-17/h1-4,6-7,10H,5,8-9H2,(H,15,18). The Labute approximate surface area is 118 Å². The van der Waals surface area contributed by atoms with Gasteiger partial charge in [-0.25, -0.2) is 9.67 Å². The number of carbonyl (C=O) groups is 1. The van der Waals surface area contributed by atoms with E-state index in [0.29, 0.717) is 23.0 Å². The molecule has 1 saturated heterocycles. The summed E-state index contributed by atoms with van der Waals surface area (Å²) in [4.78, 5) is 16.4. The number of aromatic nitrogens is 3. The Morgan fingerprint density at radius 1 is 1.40 bits per heavy atom. The molecule has 2 unspecified atom stereocenters. The second-order valence-corrected chi connectivity index (χ2v) is 6.22. The van der Waals surface area contributed by atoms with Gasteiger partial charge in [-0.05, 0) is 24.6 Å². The maximum Gasteiger partial charge on any atom is 0.270 e. The Bertz CT molecular complexity index is 642. The summed E-state index contributed by atoms with van der Waals surface area (Å²) < 4.78 is 12.9. The monoisotopic (exact) mass is 290 g/mol. The largest absolute Gasteiger partial charge is 0.347 e. The molecule has 1 amide bonds. The SMILES string of the molecule is O=C(NC1CCS(=O)C1)c1cccc(-n2cccn2)n1. The van der Waals surface area contributed by atoms with Crippen molar-refractivity contribution >= 4 is 16.7 Å². The molecule has 0 radical (unpaired) electrons. The average molecular weight is 290 g/mol. The number of carbonyl (C=O) groups excluding carboxylic acids is 1. The summed E-state index contributed by atoms with van der Waals surface area (Å²) in [5.41, 5.74) is 0.343. The number of nitrogens with zero attached hydrogens (tertiary/aromatic N) is 3. The number of nitrogens with one attached hydrogen (secondary N) is 1. The van der Waals surface area contributed by atoms with E-state index in [1.807, 2.05) is 0 Å². The van der Waals surface area contributed by atoms with Crippen LogP contribution in [0, 0.1) is 0 Å². The molecule has 2 aromatic rings. The van der Waals surface area contributed by atoms with Crippen molar-refractivity contribution in [2.24, 2.45) is 0 Å². The lowest BCUT2D eigenvalue weighted by molar-refractivity contribution is 0.0936. The van der Waals surface area contributed by atoms with Gasteiger partial charge in [0.2, 0.25) is 0 Å². The van der Waals surface area contributed by atoms with E-state index in [1.54, 1.807) is 41.3 Å². The van der Waals surface area contributed by atoms with Crippen LogP contribution in [0.15, 0.2) is 36.7 Å². The molecule has 1 aliphatic rings. The van der Waals surface area contributed by atoms with Crippen LogP contribution in [0.2, 0.25) is 0 Å². The molecule has 0 aromatic carbocycles. The van der Waals surface area contributed by atoms with Gasteiger partial charge in [0.25, 0.3) is 5.91 Å². The van der Waals surface area contributed by atoms with Crippen LogP contribution in [0.4, 0.5) is 0 Å². The molecule has 6 nitrogen and oxygen atoms in total. The number of hydrogen-bond acceptors (Lipinski definition) is 4. The molecule has 2 atom stereocenters. The first kappa shape index (κ1) is 13.0. The highest BCUT2D eigenvalue weighted by Gasteiger charge is 2.23. The first-order valence-corrected chi connectivity index (χ1v) is 7.84. The summed E-state index contributed by atoms with van der Waals surface area (Å²) >= 11 is 0. The van der Waals surface area contributed by atoms with E-state index in [0.717, 1.165) is 6.42 Å². The van der Waals surface area contributed by atoms with Crippen LogP contribution in [-0.4, -0.2) is 42.4 Å². The lowest BCUT2D eigenvalue weighted by atomic mass is 10.2. The molecular formula is C13H14N4O2S. The molecule has 0 saturated carbocycles. The minimum atomic E-state index is -0.804. The van der Waals surface area contributed by atoms with Gasteiger partial charge in [-0.1, -0.05) is 6.07 Å². The second kappa shape index (κ2) is 5.54. The van der Waals surface area contributed by atoms with Crippen molar-refractivity contribution in [1.82, 2.24) is 20.1 Å². The van der Waals surface area contributed by atoms with Crippen LogP contribution < -0.4 is 5.32 Å². The summed E-state index contributed by atoms with van der Waals surface area (Å²) in [6, 6.07) is 7.00. The molecule has 2 aromatic heterocycles. The van der Waals surface area contributed by atoms with Gasteiger partial charge >= 0.3 is 0 Å². The highest BCUT2D eigenvalue weighted by molar-refractivity contribution is 7.85. The highest BCUT2D eigenvalue weighted by Crippen LogP contribution is 2.09. The van der Waals surface area contributed by atoms with E-state index in [-0.39, 0.29) is 11.9 Å². The summed E-state index contributed by atoms with van der Waals surface area (Å²) in [7, 11) is -0.804. The normalized spacial score (nSPS) is 21.8. The van der Waals surface area contributed by atoms with Gasteiger partial charge in [0.05, 0.1) is 0 Å². The second-order valence-electron chi connectivity index (χ2n) is 4.60. The van der Waals surface area contributed by atoms with Crippen molar-refractivity contribution in [3.8, 4) is 5.82 Å². The van der Waals surface area contributed by atoms with E-state index in [2.05, 4.69) is 15.4 Å². The van der Waals surface area contributed by atoms with Crippen LogP contribution >= 0.6 is 0 Å². The molecule has 1 fully saturated rings.